The summed E-state index contributed by atoms with van der Waals surface area (Å²) in [5.41, 5.74) is 9.74. The molecule has 0 saturated heterocycles. The zero-order chi connectivity index (χ0) is 11.0. The van der Waals surface area contributed by atoms with Crippen molar-refractivity contribution in [2.75, 3.05) is 0 Å². The number of benzene rings is 1. The monoisotopic (exact) mass is 213 g/mol. The maximum atomic E-state index is 6.58. The second kappa shape index (κ2) is 3.46. The number of rotatable bonds is 1. The number of nitrogens with two attached hydrogens (primary N) is 1. The molecule has 0 saturated carbocycles. The second-order valence-corrected chi connectivity index (χ2v) is 4.45. The Hall–Kier alpha value is -1.61. The first-order valence-corrected chi connectivity index (χ1v) is 5.68. The van der Waals surface area contributed by atoms with Crippen LogP contribution in [0.2, 0.25) is 0 Å². The molecule has 3 heteroatoms. The Labute approximate surface area is 94.7 Å². The summed E-state index contributed by atoms with van der Waals surface area (Å²) in [5, 5.41) is 7.17. The lowest BCUT2D eigenvalue weighted by Crippen LogP contribution is -2.40. The normalized spacial score (nSPS) is 24.1. The van der Waals surface area contributed by atoms with Crippen molar-refractivity contribution in [2.45, 2.75) is 24.8 Å². The summed E-state index contributed by atoms with van der Waals surface area (Å²) in [7, 11) is 0. The molecule has 3 N–H and O–H groups in total. The van der Waals surface area contributed by atoms with Gasteiger partial charge in [-0.15, -0.1) is 0 Å². The SMILES string of the molecule is NC1(c2ccccc2)CCCc2[nH]ncc21. The molecular weight excluding hydrogens is 198 g/mol. The van der Waals surface area contributed by atoms with E-state index in [-0.39, 0.29) is 5.54 Å². The Morgan fingerprint density at radius 1 is 1.25 bits per heavy atom. The fourth-order valence-electron chi connectivity index (χ4n) is 2.60. The Morgan fingerprint density at radius 2 is 2.06 bits per heavy atom. The topological polar surface area (TPSA) is 54.7 Å². The van der Waals surface area contributed by atoms with Gasteiger partial charge in [0.25, 0.3) is 0 Å². The van der Waals surface area contributed by atoms with E-state index in [4.69, 9.17) is 5.73 Å². The van der Waals surface area contributed by atoms with Crippen molar-refractivity contribution in [2.24, 2.45) is 5.73 Å². The molecule has 0 spiro atoms. The summed E-state index contributed by atoms with van der Waals surface area (Å²) >= 11 is 0. The number of H-pyrrole nitrogens is 1. The number of aromatic amines is 1. The molecule has 1 atom stereocenters. The van der Waals surface area contributed by atoms with Crippen LogP contribution in [-0.2, 0) is 12.0 Å². The zero-order valence-corrected chi connectivity index (χ0v) is 9.11. The van der Waals surface area contributed by atoms with Gasteiger partial charge in [0.15, 0.2) is 0 Å². The molecule has 0 fully saturated rings. The molecule has 2 aromatic rings. The van der Waals surface area contributed by atoms with Crippen molar-refractivity contribution in [1.29, 1.82) is 0 Å². The molecule has 1 unspecified atom stereocenters. The molecule has 0 amide bonds. The van der Waals surface area contributed by atoms with Crippen LogP contribution in [0.1, 0.15) is 29.7 Å². The van der Waals surface area contributed by atoms with E-state index in [1.165, 1.54) is 11.3 Å². The molecule has 0 bridgehead atoms. The Bertz CT molecular complexity index is 489. The summed E-state index contributed by atoms with van der Waals surface area (Å²) in [4.78, 5) is 0. The van der Waals surface area contributed by atoms with Gasteiger partial charge in [-0.05, 0) is 24.8 Å². The number of nitrogens with zero attached hydrogens (tertiary/aromatic N) is 1. The molecule has 1 aromatic heterocycles. The highest BCUT2D eigenvalue weighted by atomic mass is 15.1. The third kappa shape index (κ3) is 1.28. The van der Waals surface area contributed by atoms with E-state index in [0.29, 0.717) is 0 Å². The Balaban J connectivity index is 2.14. The van der Waals surface area contributed by atoms with Crippen LogP contribution in [0.4, 0.5) is 0 Å². The van der Waals surface area contributed by atoms with Crippen LogP contribution in [0.5, 0.6) is 0 Å². The molecule has 0 aliphatic heterocycles. The van der Waals surface area contributed by atoms with E-state index in [0.717, 1.165) is 24.8 Å². The molecule has 1 aliphatic carbocycles. The van der Waals surface area contributed by atoms with Gasteiger partial charge in [0, 0.05) is 11.3 Å². The number of hydrogen-bond donors (Lipinski definition) is 2. The first-order chi connectivity index (χ1) is 7.81. The van der Waals surface area contributed by atoms with Crippen LogP contribution in [0.15, 0.2) is 36.5 Å². The molecule has 1 aromatic carbocycles. The predicted molar refractivity (Wildman–Crippen MR) is 62.9 cm³/mol. The van der Waals surface area contributed by atoms with Crippen molar-refractivity contribution < 1.29 is 0 Å². The highest BCUT2D eigenvalue weighted by Crippen LogP contribution is 2.37. The third-order valence-corrected chi connectivity index (χ3v) is 3.49. The molecule has 1 heterocycles. The smallest absolute Gasteiger partial charge is 0.0699 e. The van der Waals surface area contributed by atoms with Crippen LogP contribution < -0.4 is 5.73 Å². The van der Waals surface area contributed by atoms with Gasteiger partial charge >= 0.3 is 0 Å². The average Bonchev–Trinajstić information content (AvgIpc) is 2.80. The molecule has 82 valence electrons. The van der Waals surface area contributed by atoms with Crippen LogP contribution in [0.25, 0.3) is 0 Å². The average molecular weight is 213 g/mol. The summed E-state index contributed by atoms with van der Waals surface area (Å²) in [6.07, 6.45) is 5.03. The lowest BCUT2D eigenvalue weighted by atomic mass is 9.76. The fourth-order valence-corrected chi connectivity index (χ4v) is 2.60. The van der Waals surface area contributed by atoms with E-state index < -0.39 is 0 Å². The van der Waals surface area contributed by atoms with Gasteiger partial charge in [0.2, 0.25) is 0 Å². The minimum absolute atomic E-state index is 0.359. The minimum Gasteiger partial charge on any atom is -0.318 e. The largest absolute Gasteiger partial charge is 0.318 e. The van der Waals surface area contributed by atoms with E-state index in [9.17, 15) is 0 Å². The molecular formula is C13H15N3. The van der Waals surface area contributed by atoms with E-state index in [2.05, 4.69) is 22.3 Å². The number of hydrogen-bond acceptors (Lipinski definition) is 2. The summed E-state index contributed by atoms with van der Waals surface area (Å²) < 4.78 is 0. The quantitative estimate of drug-likeness (QED) is 0.760. The highest BCUT2D eigenvalue weighted by molar-refractivity contribution is 5.40. The van der Waals surface area contributed by atoms with Gasteiger partial charge in [-0.1, -0.05) is 30.3 Å². The van der Waals surface area contributed by atoms with E-state index in [1.54, 1.807) is 0 Å². The number of nitrogens with one attached hydrogen (secondary N) is 1. The number of aromatic nitrogens is 2. The molecule has 0 radical (unpaired) electrons. The Morgan fingerprint density at radius 3 is 2.88 bits per heavy atom. The maximum Gasteiger partial charge on any atom is 0.0699 e. The maximum absolute atomic E-state index is 6.58. The van der Waals surface area contributed by atoms with Crippen LogP contribution in [-0.4, -0.2) is 10.2 Å². The standard InChI is InChI=1S/C13H15N3/c14-13(10-5-2-1-3-6-10)8-4-7-12-11(13)9-15-16-12/h1-3,5-6,9H,4,7-8,14H2,(H,15,16). The van der Waals surface area contributed by atoms with Crippen molar-refractivity contribution in [3.05, 3.63) is 53.3 Å². The van der Waals surface area contributed by atoms with E-state index >= 15 is 0 Å². The zero-order valence-electron chi connectivity index (χ0n) is 9.11. The van der Waals surface area contributed by atoms with Gasteiger partial charge in [-0.25, -0.2) is 0 Å². The lowest BCUT2D eigenvalue weighted by molar-refractivity contribution is 0.441. The lowest BCUT2D eigenvalue weighted by Gasteiger charge is -2.33. The summed E-state index contributed by atoms with van der Waals surface area (Å²) in [5.74, 6) is 0. The number of fused-ring (bicyclic) bond motifs is 1. The van der Waals surface area contributed by atoms with Crippen molar-refractivity contribution in [1.82, 2.24) is 10.2 Å². The summed E-state index contributed by atoms with van der Waals surface area (Å²) in [6, 6.07) is 10.3. The first-order valence-electron chi connectivity index (χ1n) is 5.68. The van der Waals surface area contributed by atoms with Gasteiger partial charge in [-0.2, -0.15) is 5.10 Å². The van der Waals surface area contributed by atoms with Gasteiger partial charge in [-0.3, -0.25) is 5.10 Å². The molecule has 3 nitrogen and oxygen atoms in total. The minimum atomic E-state index is -0.359. The van der Waals surface area contributed by atoms with Crippen LogP contribution in [0, 0.1) is 0 Å². The molecule has 1 aliphatic rings. The predicted octanol–water partition coefficient (Wildman–Crippen LogP) is 1.95. The van der Waals surface area contributed by atoms with E-state index in [1.807, 2.05) is 24.4 Å². The van der Waals surface area contributed by atoms with Crippen molar-refractivity contribution in [3.63, 3.8) is 0 Å². The first kappa shape index (κ1) is 9.60. The van der Waals surface area contributed by atoms with Gasteiger partial charge in [0.1, 0.15) is 0 Å². The fraction of sp³-hybridized carbons (Fsp3) is 0.308. The van der Waals surface area contributed by atoms with Crippen LogP contribution in [0.3, 0.4) is 0 Å². The van der Waals surface area contributed by atoms with Crippen molar-refractivity contribution in [3.8, 4) is 0 Å². The third-order valence-electron chi connectivity index (χ3n) is 3.49. The second-order valence-electron chi connectivity index (χ2n) is 4.45. The van der Waals surface area contributed by atoms with Gasteiger partial charge in [0.05, 0.1) is 11.7 Å². The van der Waals surface area contributed by atoms with Gasteiger partial charge < -0.3 is 5.73 Å². The Kier molecular flexibility index (Phi) is 2.07. The molecule has 3 rings (SSSR count). The summed E-state index contributed by atoms with van der Waals surface area (Å²) in [6.45, 7) is 0. The molecule has 16 heavy (non-hydrogen) atoms. The van der Waals surface area contributed by atoms with Crippen LogP contribution >= 0.6 is 0 Å². The number of aryl methyl sites for hydroxylation is 1. The van der Waals surface area contributed by atoms with Crippen molar-refractivity contribution >= 4 is 0 Å². The highest BCUT2D eigenvalue weighted by Gasteiger charge is 2.35.